The molecular weight excluding hydrogens is 414 g/mol. The molecule has 0 spiro atoms. The van der Waals surface area contributed by atoms with Crippen molar-refractivity contribution >= 4 is 34.9 Å². The summed E-state index contributed by atoms with van der Waals surface area (Å²) in [5, 5.41) is 6.57. The maximum atomic E-state index is 13.6. The molecule has 0 saturated carbocycles. The number of carbonyl (C=O) groups excluding carboxylic acids is 2. The first-order chi connectivity index (χ1) is 15.0. The summed E-state index contributed by atoms with van der Waals surface area (Å²) in [7, 11) is 0. The van der Waals surface area contributed by atoms with E-state index in [4.69, 9.17) is 16.3 Å². The average Bonchev–Trinajstić information content (AvgIpc) is 2.75. The third-order valence-corrected chi connectivity index (χ3v) is 6.07. The van der Waals surface area contributed by atoms with E-state index in [2.05, 4.69) is 10.6 Å². The number of nitrogens with zero attached hydrogens (tertiary/aromatic N) is 1. The molecule has 0 aromatic heterocycles. The lowest BCUT2D eigenvalue weighted by Gasteiger charge is -2.54. The SMILES string of the molecule is CC12Oc3ccccc3C(NC(=O)N1c1ccccc1)C2C(=O)Nc1ccc(Cl)cc1. The lowest BCUT2D eigenvalue weighted by atomic mass is 9.78. The van der Waals surface area contributed by atoms with E-state index in [-0.39, 0.29) is 11.9 Å². The van der Waals surface area contributed by atoms with Gasteiger partial charge in [-0.05, 0) is 49.4 Å². The third-order valence-electron chi connectivity index (χ3n) is 5.82. The molecule has 3 aromatic rings. The molecule has 1 saturated heterocycles. The zero-order valence-corrected chi connectivity index (χ0v) is 17.5. The number of hydrogen-bond donors (Lipinski definition) is 2. The Balaban J connectivity index is 1.60. The molecule has 156 valence electrons. The standard InChI is InChI=1S/C24H20ClN3O3/c1-24-20(22(29)26-16-13-11-15(25)12-14-16)21(18-9-5-6-10-19(18)31-24)27-23(30)28(24)17-7-3-2-4-8-17/h2-14,20-21H,1H3,(H,26,29)(H,27,30). The van der Waals surface area contributed by atoms with E-state index < -0.39 is 17.7 Å². The van der Waals surface area contributed by atoms with Crippen molar-refractivity contribution in [1.82, 2.24) is 5.32 Å². The summed E-state index contributed by atoms with van der Waals surface area (Å²) in [6, 6.07) is 22.7. The summed E-state index contributed by atoms with van der Waals surface area (Å²) in [5.74, 6) is -0.326. The highest BCUT2D eigenvalue weighted by molar-refractivity contribution is 6.30. The Labute approximate surface area is 184 Å². The van der Waals surface area contributed by atoms with E-state index in [0.29, 0.717) is 22.1 Å². The third kappa shape index (κ3) is 3.20. The number of rotatable bonds is 3. The molecule has 5 rings (SSSR count). The van der Waals surface area contributed by atoms with Gasteiger partial charge in [-0.1, -0.05) is 48.0 Å². The van der Waals surface area contributed by atoms with Gasteiger partial charge in [-0.3, -0.25) is 9.69 Å². The van der Waals surface area contributed by atoms with Gasteiger partial charge in [0.2, 0.25) is 11.6 Å². The number of benzene rings is 3. The van der Waals surface area contributed by atoms with Crippen LogP contribution >= 0.6 is 11.6 Å². The van der Waals surface area contributed by atoms with Gasteiger partial charge in [-0.25, -0.2) is 4.79 Å². The molecule has 0 aliphatic carbocycles. The predicted octanol–water partition coefficient (Wildman–Crippen LogP) is 4.97. The highest BCUT2D eigenvalue weighted by Crippen LogP contribution is 2.49. The highest BCUT2D eigenvalue weighted by Gasteiger charge is 2.60. The van der Waals surface area contributed by atoms with Crippen LogP contribution in [0.3, 0.4) is 0 Å². The molecule has 2 aliphatic heterocycles. The second kappa shape index (κ2) is 7.32. The molecule has 1 fully saturated rings. The monoisotopic (exact) mass is 433 g/mol. The number of nitrogens with one attached hydrogen (secondary N) is 2. The van der Waals surface area contributed by atoms with E-state index in [1.807, 2.05) is 54.6 Å². The number of para-hydroxylation sites is 2. The van der Waals surface area contributed by atoms with Crippen molar-refractivity contribution in [2.24, 2.45) is 5.92 Å². The lowest BCUT2D eigenvalue weighted by molar-refractivity contribution is -0.131. The highest BCUT2D eigenvalue weighted by atomic mass is 35.5. The summed E-state index contributed by atoms with van der Waals surface area (Å²) in [6.07, 6.45) is 0. The summed E-state index contributed by atoms with van der Waals surface area (Å²) < 4.78 is 6.40. The molecular formula is C24H20ClN3O3. The smallest absolute Gasteiger partial charge is 0.325 e. The van der Waals surface area contributed by atoms with Gasteiger partial charge >= 0.3 is 6.03 Å². The van der Waals surface area contributed by atoms with Crippen molar-refractivity contribution in [3.05, 3.63) is 89.4 Å². The van der Waals surface area contributed by atoms with Crippen LogP contribution in [-0.2, 0) is 4.79 Å². The fourth-order valence-electron chi connectivity index (χ4n) is 4.45. The van der Waals surface area contributed by atoms with Crippen molar-refractivity contribution in [1.29, 1.82) is 0 Å². The van der Waals surface area contributed by atoms with Crippen LogP contribution in [0.2, 0.25) is 5.02 Å². The van der Waals surface area contributed by atoms with Crippen LogP contribution in [0.1, 0.15) is 18.5 Å². The number of carbonyl (C=O) groups is 2. The Kier molecular flexibility index (Phi) is 4.59. The fraction of sp³-hybridized carbons (Fsp3) is 0.167. The first-order valence-corrected chi connectivity index (χ1v) is 10.4. The Morgan fingerprint density at radius 3 is 2.45 bits per heavy atom. The molecule has 3 amide bonds. The molecule has 2 heterocycles. The van der Waals surface area contributed by atoms with Crippen LogP contribution < -0.4 is 20.3 Å². The number of halogens is 1. The van der Waals surface area contributed by atoms with Crippen LogP contribution in [0.5, 0.6) is 5.75 Å². The van der Waals surface area contributed by atoms with Gasteiger partial charge in [0, 0.05) is 22.0 Å². The van der Waals surface area contributed by atoms with E-state index in [9.17, 15) is 9.59 Å². The number of amides is 3. The van der Waals surface area contributed by atoms with E-state index in [1.165, 1.54) is 4.90 Å². The molecule has 2 aliphatic rings. The van der Waals surface area contributed by atoms with E-state index in [1.54, 1.807) is 31.2 Å². The number of hydrogen-bond acceptors (Lipinski definition) is 3. The van der Waals surface area contributed by atoms with Crippen molar-refractivity contribution in [2.45, 2.75) is 18.7 Å². The van der Waals surface area contributed by atoms with Crippen LogP contribution in [0, 0.1) is 5.92 Å². The molecule has 3 atom stereocenters. The van der Waals surface area contributed by atoms with Crippen LogP contribution in [0.25, 0.3) is 0 Å². The van der Waals surface area contributed by atoms with Gasteiger partial charge in [0.1, 0.15) is 11.7 Å². The summed E-state index contributed by atoms with van der Waals surface area (Å²) in [6.45, 7) is 1.79. The molecule has 31 heavy (non-hydrogen) atoms. The van der Waals surface area contributed by atoms with Gasteiger partial charge in [0.05, 0.1) is 6.04 Å². The molecule has 3 unspecified atom stereocenters. The quantitative estimate of drug-likeness (QED) is 0.612. The molecule has 3 aromatic carbocycles. The largest absolute Gasteiger partial charge is 0.466 e. The number of ether oxygens (including phenoxy) is 1. The van der Waals surface area contributed by atoms with E-state index in [0.717, 1.165) is 5.56 Å². The maximum Gasteiger partial charge on any atom is 0.325 e. The number of anilines is 2. The Hall–Kier alpha value is -3.51. The van der Waals surface area contributed by atoms with Crippen LogP contribution in [0.4, 0.5) is 16.2 Å². The van der Waals surface area contributed by atoms with Crippen molar-refractivity contribution in [3.63, 3.8) is 0 Å². The Morgan fingerprint density at radius 1 is 1.03 bits per heavy atom. The van der Waals surface area contributed by atoms with Crippen molar-refractivity contribution < 1.29 is 14.3 Å². The second-order valence-corrected chi connectivity index (χ2v) is 8.20. The second-order valence-electron chi connectivity index (χ2n) is 7.77. The average molecular weight is 434 g/mol. The predicted molar refractivity (Wildman–Crippen MR) is 119 cm³/mol. The minimum Gasteiger partial charge on any atom is -0.466 e. The van der Waals surface area contributed by atoms with Gasteiger partial charge in [0.25, 0.3) is 0 Å². The summed E-state index contributed by atoms with van der Waals surface area (Å²) in [4.78, 5) is 28.3. The van der Waals surface area contributed by atoms with Crippen molar-refractivity contribution in [3.8, 4) is 5.75 Å². The molecule has 7 heteroatoms. The van der Waals surface area contributed by atoms with E-state index >= 15 is 0 Å². The Morgan fingerprint density at radius 2 is 1.71 bits per heavy atom. The number of urea groups is 1. The minimum atomic E-state index is -1.24. The maximum absolute atomic E-state index is 13.6. The minimum absolute atomic E-state index is 0.259. The van der Waals surface area contributed by atoms with Gasteiger partial charge in [-0.2, -0.15) is 0 Å². The molecule has 2 N–H and O–H groups in total. The first-order valence-electron chi connectivity index (χ1n) is 9.97. The lowest BCUT2D eigenvalue weighted by Crippen LogP contribution is -2.72. The number of fused-ring (bicyclic) bond motifs is 4. The van der Waals surface area contributed by atoms with Crippen LogP contribution in [0.15, 0.2) is 78.9 Å². The topological polar surface area (TPSA) is 70.7 Å². The van der Waals surface area contributed by atoms with Crippen molar-refractivity contribution in [2.75, 3.05) is 10.2 Å². The van der Waals surface area contributed by atoms with Crippen LogP contribution in [-0.4, -0.2) is 17.7 Å². The first kappa shape index (κ1) is 19.5. The fourth-order valence-corrected chi connectivity index (χ4v) is 4.57. The summed E-state index contributed by atoms with van der Waals surface area (Å²) in [5.41, 5.74) is 0.800. The zero-order chi connectivity index (χ0) is 21.6. The molecule has 2 bridgehead atoms. The Bertz CT molecular complexity index is 1150. The summed E-state index contributed by atoms with van der Waals surface area (Å²) >= 11 is 5.97. The zero-order valence-electron chi connectivity index (χ0n) is 16.7. The normalized spacial score (nSPS) is 23.9. The molecule has 6 nitrogen and oxygen atoms in total. The van der Waals surface area contributed by atoms with Gasteiger partial charge in [-0.15, -0.1) is 0 Å². The van der Waals surface area contributed by atoms with Gasteiger partial charge in [0.15, 0.2) is 0 Å². The molecule has 0 radical (unpaired) electrons. The van der Waals surface area contributed by atoms with Gasteiger partial charge < -0.3 is 15.4 Å².